The Bertz CT molecular complexity index is 3480. The molecular weight excluding hydrogens is 1080 g/mol. The smallest absolute Gasteiger partial charge is 0.319 e. The number of aromatic nitrogens is 5. The first-order chi connectivity index (χ1) is 40.1. The Kier molecular flexibility index (Phi) is 16.1. The number of fused-ring (bicyclic) bond motifs is 4. The average molecular weight is 1150 g/mol. The topological polar surface area (TPSA) is 202 Å². The molecule has 2 amide bonds. The number of piperazine rings is 2. The number of halogens is 2. The molecule has 0 aliphatic carbocycles. The van der Waals surface area contributed by atoms with Gasteiger partial charge in [-0.2, -0.15) is 9.97 Å². The van der Waals surface area contributed by atoms with Gasteiger partial charge in [0, 0.05) is 108 Å². The summed E-state index contributed by atoms with van der Waals surface area (Å²) < 4.78 is 46.0. The molecule has 5 fully saturated rings. The summed E-state index contributed by atoms with van der Waals surface area (Å²) in [6.45, 7) is 15.9. The van der Waals surface area contributed by atoms with Crippen LogP contribution in [0.2, 0.25) is 0 Å². The molecule has 83 heavy (non-hydrogen) atoms. The van der Waals surface area contributed by atoms with Gasteiger partial charge in [-0.3, -0.25) is 24.4 Å². The molecule has 9 heterocycles. The van der Waals surface area contributed by atoms with E-state index in [2.05, 4.69) is 40.4 Å². The second-order valence-corrected chi connectivity index (χ2v) is 24.7. The zero-order chi connectivity index (χ0) is 57.7. The van der Waals surface area contributed by atoms with E-state index in [0.717, 1.165) is 50.9 Å². The number of piperidine rings is 1. The first-order valence-electron chi connectivity index (χ1n) is 29.5. The lowest BCUT2D eigenvalue weighted by Gasteiger charge is -2.41. The number of aromatic hydroxyl groups is 1. The van der Waals surface area contributed by atoms with Crippen LogP contribution in [0.5, 0.6) is 11.8 Å². The molecule has 21 heteroatoms. The molecule has 0 saturated carbocycles. The average Bonchev–Trinajstić information content (AvgIpc) is 3.09. The number of alkyl halides is 1. The normalized spacial score (nSPS) is 22.0. The number of phenolic OH excluding ortho intramolecular Hbond substituents is 1. The van der Waals surface area contributed by atoms with Gasteiger partial charge in [0.1, 0.15) is 47.0 Å². The van der Waals surface area contributed by atoms with Gasteiger partial charge in [-0.25, -0.2) is 13.8 Å². The number of ether oxygens (including phenoxy) is 1. The number of aryl methyl sites for hydroxylation is 2. The number of pyridine rings is 1. The van der Waals surface area contributed by atoms with Gasteiger partial charge in [-0.1, -0.05) is 68.4 Å². The van der Waals surface area contributed by atoms with E-state index in [9.17, 15) is 19.8 Å². The highest BCUT2D eigenvalue weighted by Crippen LogP contribution is 2.40. The van der Waals surface area contributed by atoms with E-state index in [-0.39, 0.29) is 66.3 Å². The van der Waals surface area contributed by atoms with Crippen LogP contribution in [0.4, 0.5) is 20.4 Å². The van der Waals surface area contributed by atoms with Crippen molar-refractivity contribution in [2.75, 3.05) is 88.4 Å². The van der Waals surface area contributed by atoms with E-state index >= 15 is 8.78 Å². The monoisotopic (exact) mass is 1150 g/mol. The fourth-order valence-electron chi connectivity index (χ4n) is 13.3. The fraction of sp³-hybridized carbons (Fsp3) is 0.500. The van der Waals surface area contributed by atoms with Gasteiger partial charge >= 0.3 is 6.01 Å². The Morgan fingerprint density at radius 3 is 2.41 bits per heavy atom. The van der Waals surface area contributed by atoms with E-state index in [1.807, 2.05) is 88.7 Å². The van der Waals surface area contributed by atoms with Crippen molar-refractivity contribution in [2.24, 2.45) is 5.92 Å². The molecule has 0 spiro atoms. The molecule has 2 bridgehead atoms. The molecule has 4 aromatic heterocycles. The molecule has 4 N–H and O–H groups in total. The van der Waals surface area contributed by atoms with E-state index in [1.54, 1.807) is 29.7 Å². The molecule has 2 unspecified atom stereocenters. The van der Waals surface area contributed by atoms with Gasteiger partial charge in [0.15, 0.2) is 17.4 Å². The molecule has 12 rings (SSSR count). The molecule has 18 nitrogen and oxygen atoms in total. The van der Waals surface area contributed by atoms with Crippen LogP contribution in [0.25, 0.3) is 43.4 Å². The molecule has 0 radical (unpaired) electrons. The standard InChI is InChI=1S/C62H74F2N12O6S/c1-6-39-8-7-9-42-26-45(77)27-47(53(39)42)55-54(63)56-48(30-65-55)58(75-31-43-14-15-44(32-75)68-43)70-61(69-56)81-25-24-72-18-16-62(64,17-19-72)34-73-20-22-74(23-21-73)51-29-50(82-71-51)52(36(2)3)60(80)76-33-46(78)28-49(76)59(79)67-37(4)40-10-12-41(13-11-40)57-38(5)66-35-83-57/h7-13,26-27,29-30,35-37,43-44,46,49,52,68,77-78H,6,14-25,28,31-34H2,1-5H3,(H,67,79)/t37-,43?,44?,46+,49-,52+/m0/s1. The Morgan fingerprint density at radius 1 is 0.940 bits per heavy atom. The summed E-state index contributed by atoms with van der Waals surface area (Å²) in [5.74, 6) is -0.555. The van der Waals surface area contributed by atoms with Crippen LogP contribution in [0.15, 0.2) is 76.9 Å². The van der Waals surface area contributed by atoms with Crippen LogP contribution in [0.1, 0.15) is 94.3 Å². The lowest BCUT2D eigenvalue weighted by Crippen LogP contribution is -2.53. The Labute approximate surface area is 486 Å². The third-order valence-electron chi connectivity index (χ3n) is 17.8. The number of carbonyl (C=O) groups excluding carboxylic acids is 2. The van der Waals surface area contributed by atoms with Crippen LogP contribution in [0.3, 0.4) is 0 Å². The number of likely N-dealkylation sites (tertiary alicyclic amines) is 2. The first kappa shape index (κ1) is 56.6. The summed E-state index contributed by atoms with van der Waals surface area (Å²) in [7, 11) is 0. The van der Waals surface area contributed by atoms with E-state index < -0.39 is 29.5 Å². The van der Waals surface area contributed by atoms with Gasteiger partial charge in [0.25, 0.3) is 0 Å². The molecular formula is C62H74F2N12O6S. The number of anilines is 2. The third kappa shape index (κ3) is 11.7. The fourth-order valence-corrected chi connectivity index (χ4v) is 14.1. The zero-order valence-electron chi connectivity index (χ0n) is 47.9. The van der Waals surface area contributed by atoms with Crippen molar-refractivity contribution in [1.82, 2.24) is 50.4 Å². The quantitative estimate of drug-likeness (QED) is 0.0679. The summed E-state index contributed by atoms with van der Waals surface area (Å²) >= 11 is 1.58. The summed E-state index contributed by atoms with van der Waals surface area (Å²) in [6.07, 6.45) is 4.51. The minimum atomic E-state index is -1.37. The number of nitrogens with one attached hydrogen (secondary N) is 2. The van der Waals surface area contributed by atoms with Crippen molar-refractivity contribution >= 4 is 56.5 Å². The number of β-amino-alcohol motifs (C(OH)–C–C–N with tert-alkyl or cyclic N) is 1. The number of aliphatic hydroxyl groups is 1. The largest absolute Gasteiger partial charge is 0.508 e. The van der Waals surface area contributed by atoms with Gasteiger partial charge in [-0.15, -0.1) is 11.3 Å². The molecule has 5 saturated heterocycles. The number of carbonyl (C=O) groups is 2. The van der Waals surface area contributed by atoms with E-state index in [1.165, 1.54) is 4.90 Å². The van der Waals surface area contributed by atoms with E-state index in [4.69, 9.17) is 24.2 Å². The van der Waals surface area contributed by atoms with Gasteiger partial charge < -0.3 is 44.8 Å². The summed E-state index contributed by atoms with van der Waals surface area (Å²) in [6, 6.07) is 18.4. The second kappa shape index (κ2) is 23.6. The van der Waals surface area contributed by atoms with Gasteiger partial charge in [0.2, 0.25) is 11.8 Å². The highest BCUT2D eigenvalue weighted by atomic mass is 32.1. The van der Waals surface area contributed by atoms with E-state index in [0.29, 0.717) is 125 Å². The maximum atomic E-state index is 17.1. The van der Waals surface area contributed by atoms with Crippen LogP contribution in [0, 0.1) is 18.7 Å². The summed E-state index contributed by atoms with van der Waals surface area (Å²) in [5, 5.41) is 34.9. The number of aliphatic hydroxyl groups excluding tert-OH is 1. The molecule has 3 aromatic carbocycles. The Balaban J connectivity index is 0.643. The number of nitrogens with zero attached hydrogens (tertiary/aromatic N) is 10. The lowest BCUT2D eigenvalue weighted by atomic mass is 9.91. The SMILES string of the molecule is CCc1cccc2cc(O)cc(-c3ncc4c(N5CC6CCC(C5)N6)nc(OCCN5CCC(F)(CN6CCN(c7cc([C@H](C(=O)N8C[C@H](O)C[C@H]8C(=O)N[C@@H](C)c8ccc(-c9scnc9C)cc8)C(C)C)on7)CC6)CC5)nc4c3F)c12. The lowest BCUT2D eigenvalue weighted by molar-refractivity contribution is -0.141. The Morgan fingerprint density at radius 2 is 1.70 bits per heavy atom. The Hall–Kier alpha value is -6.91. The van der Waals surface area contributed by atoms with Crippen molar-refractivity contribution in [3.05, 3.63) is 101 Å². The number of thiazole rings is 1. The molecule has 438 valence electrons. The van der Waals surface area contributed by atoms with Crippen LogP contribution in [-0.4, -0.2) is 170 Å². The number of benzene rings is 3. The molecule has 5 aliphatic heterocycles. The van der Waals surface area contributed by atoms with Crippen molar-refractivity contribution < 1.29 is 37.8 Å². The summed E-state index contributed by atoms with van der Waals surface area (Å²) in [4.78, 5) is 58.2. The van der Waals surface area contributed by atoms with Gasteiger partial charge in [-0.05, 0) is 91.5 Å². The van der Waals surface area contributed by atoms with Crippen molar-refractivity contribution in [1.29, 1.82) is 0 Å². The zero-order valence-corrected chi connectivity index (χ0v) is 48.7. The highest BCUT2D eigenvalue weighted by molar-refractivity contribution is 7.13. The number of amides is 2. The molecule has 5 aliphatic rings. The third-order valence-corrected chi connectivity index (χ3v) is 18.8. The van der Waals surface area contributed by atoms with Crippen LogP contribution in [-0.2, 0) is 16.0 Å². The number of rotatable bonds is 17. The van der Waals surface area contributed by atoms with Crippen molar-refractivity contribution in [2.45, 2.75) is 115 Å². The first-order valence-corrected chi connectivity index (χ1v) is 30.4. The maximum Gasteiger partial charge on any atom is 0.319 e. The van der Waals surface area contributed by atoms with Crippen LogP contribution < -0.4 is 25.2 Å². The minimum absolute atomic E-state index is 0.0205. The van der Waals surface area contributed by atoms with Crippen molar-refractivity contribution in [3.63, 3.8) is 0 Å². The summed E-state index contributed by atoms with van der Waals surface area (Å²) in [5.41, 5.74) is 5.13. The predicted molar refractivity (Wildman–Crippen MR) is 316 cm³/mol. The maximum absolute atomic E-state index is 17.1. The van der Waals surface area contributed by atoms with Crippen molar-refractivity contribution in [3.8, 4) is 33.5 Å². The minimum Gasteiger partial charge on any atom is -0.508 e. The highest BCUT2D eigenvalue weighted by Gasteiger charge is 2.44. The molecule has 6 atom stereocenters. The molecule has 7 aromatic rings. The van der Waals surface area contributed by atoms with Gasteiger partial charge in [0.05, 0.1) is 33.6 Å². The number of hydrogen-bond donors (Lipinski definition) is 4. The number of phenols is 1. The van der Waals surface area contributed by atoms with Crippen LogP contribution >= 0.6 is 11.3 Å². The number of hydrogen-bond acceptors (Lipinski definition) is 17. The second-order valence-electron chi connectivity index (χ2n) is 23.8. The predicted octanol–water partition coefficient (Wildman–Crippen LogP) is 8.20.